The first-order valence-corrected chi connectivity index (χ1v) is 18.2. The molecule has 0 spiro atoms. The number of nitrogens with one attached hydrogen (secondary N) is 2. The van der Waals surface area contributed by atoms with Gasteiger partial charge in [-0.25, -0.2) is 20.4 Å². The number of halogens is 2. The van der Waals surface area contributed by atoms with E-state index in [1.165, 1.54) is 12.4 Å². The number of rotatable bonds is 18. The highest BCUT2D eigenvalue weighted by atomic mass is 79.9. The molecule has 0 heterocycles. The molecule has 0 aliphatic rings. The van der Waals surface area contributed by atoms with Gasteiger partial charge in [0.25, 0.3) is 0 Å². The van der Waals surface area contributed by atoms with Crippen LogP contribution in [-0.2, 0) is 9.59 Å². The van der Waals surface area contributed by atoms with Gasteiger partial charge >= 0.3 is 11.9 Å². The van der Waals surface area contributed by atoms with Crippen molar-refractivity contribution in [3.8, 4) is 23.0 Å². The van der Waals surface area contributed by atoms with E-state index in [9.17, 15) is 19.2 Å². The molecule has 2 amide bonds. The van der Waals surface area contributed by atoms with Gasteiger partial charge in [-0.1, -0.05) is 51.1 Å². The number of ether oxygens (including phenoxy) is 4. The number of benzene rings is 4. The summed E-state index contributed by atoms with van der Waals surface area (Å²) < 4.78 is 22.9. The average molecular weight is 851 g/mol. The predicted molar refractivity (Wildman–Crippen MR) is 208 cm³/mol. The largest absolute Gasteiger partial charge is 0.497 e. The molecule has 0 bridgehead atoms. The number of carbonyl (C=O) groups is 4. The lowest BCUT2D eigenvalue weighted by atomic mass is 10.1. The van der Waals surface area contributed by atoms with Crippen molar-refractivity contribution in [3.05, 3.63) is 116 Å². The van der Waals surface area contributed by atoms with Crippen molar-refractivity contribution in [2.45, 2.75) is 44.9 Å². The third-order valence-corrected chi connectivity index (χ3v) is 8.58. The summed E-state index contributed by atoms with van der Waals surface area (Å²) in [5.74, 6) is 0.259. The fourth-order valence-corrected chi connectivity index (χ4v) is 5.52. The fourth-order valence-electron chi connectivity index (χ4n) is 4.76. The van der Waals surface area contributed by atoms with Gasteiger partial charge in [-0.3, -0.25) is 9.59 Å². The van der Waals surface area contributed by atoms with Crippen LogP contribution in [0.1, 0.15) is 76.8 Å². The minimum Gasteiger partial charge on any atom is -0.497 e. The van der Waals surface area contributed by atoms with Gasteiger partial charge in [0.05, 0.1) is 37.8 Å². The third-order valence-electron chi connectivity index (χ3n) is 7.59. The summed E-state index contributed by atoms with van der Waals surface area (Å²) in [6, 6.07) is 23.3. The van der Waals surface area contributed by atoms with Crippen molar-refractivity contribution >= 4 is 68.0 Å². The summed E-state index contributed by atoms with van der Waals surface area (Å²) in [4.78, 5) is 49.9. The Bertz CT molecular complexity index is 1790. The van der Waals surface area contributed by atoms with Crippen molar-refractivity contribution in [3.63, 3.8) is 0 Å². The maximum absolute atomic E-state index is 12.6. The Balaban J connectivity index is 1.12. The molecule has 276 valence electrons. The van der Waals surface area contributed by atoms with Crippen LogP contribution in [0.5, 0.6) is 23.0 Å². The van der Waals surface area contributed by atoms with Crippen LogP contribution < -0.4 is 29.8 Å². The van der Waals surface area contributed by atoms with Crippen LogP contribution in [0, 0.1) is 0 Å². The maximum Gasteiger partial charge on any atom is 0.343 e. The fraction of sp³-hybridized carbons (Fsp3) is 0.231. The number of methoxy groups -OCH3 is 2. The Kier molecular flexibility index (Phi) is 16.2. The Morgan fingerprint density at radius 3 is 1.32 bits per heavy atom. The first kappa shape index (κ1) is 40.4. The molecule has 4 aromatic rings. The first-order valence-electron chi connectivity index (χ1n) is 16.6. The van der Waals surface area contributed by atoms with Crippen LogP contribution in [0.3, 0.4) is 0 Å². The first-order chi connectivity index (χ1) is 25.6. The molecule has 0 saturated carbocycles. The van der Waals surface area contributed by atoms with Gasteiger partial charge in [-0.2, -0.15) is 10.2 Å². The van der Waals surface area contributed by atoms with Crippen LogP contribution >= 0.6 is 31.9 Å². The molecule has 4 rings (SSSR count). The molecule has 0 atom stereocenters. The number of hydrogen-bond donors (Lipinski definition) is 2. The second-order valence-electron chi connectivity index (χ2n) is 11.5. The SMILES string of the molecule is COc1ccc(C(=O)Oc2ccc(Br)cc2C=NNC(=O)CCCCCCCC(=O)NN=Cc2cc(Br)ccc2OC(=O)c2ccc(OC)cc2)cc1. The number of nitrogens with zero attached hydrogens (tertiary/aromatic N) is 2. The second kappa shape index (κ2) is 21.2. The van der Waals surface area contributed by atoms with Crippen LogP contribution in [0.4, 0.5) is 0 Å². The average Bonchev–Trinajstić information content (AvgIpc) is 3.16. The van der Waals surface area contributed by atoms with E-state index in [-0.39, 0.29) is 36.2 Å². The van der Waals surface area contributed by atoms with Crippen molar-refractivity contribution in [2.75, 3.05) is 14.2 Å². The van der Waals surface area contributed by atoms with Gasteiger partial charge < -0.3 is 18.9 Å². The number of hydrazone groups is 2. The van der Waals surface area contributed by atoms with Gasteiger partial charge in [-0.15, -0.1) is 0 Å². The molecular weight excluding hydrogens is 812 g/mol. The van der Waals surface area contributed by atoms with Gasteiger partial charge in [0.2, 0.25) is 11.8 Å². The van der Waals surface area contributed by atoms with Crippen molar-refractivity contribution in [1.29, 1.82) is 0 Å². The van der Waals surface area contributed by atoms with E-state index in [1.807, 2.05) is 0 Å². The Labute approximate surface area is 324 Å². The van der Waals surface area contributed by atoms with Gasteiger partial charge in [0.15, 0.2) is 0 Å². The minimum absolute atomic E-state index is 0.241. The van der Waals surface area contributed by atoms with Crippen molar-refractivity contribution in [2.24, 2.45) is 10.2 Å². The summed E-state index contributed by atoms with van der Waals surface area (Å²) in [6.45, 7) is 0. The highest BCUT2D eigenvalue weighted by Crippen LogP contribution is 2.25. The molecule has 0 aliphatic heterocycles. The molecule has 0 saturated heterocycles. The standard InChI is InChI=1S/C39H38Br2N4O8/c1-50-32-16-10-26(11-17-32)38(48)52-34-20-14-30(40)22-28(34)24-42-44-36(46)8-6-4-3-5-7-9-37(47)45-43-25-29-23-31(41)15-21-35(29)53-39(49)27-12-18-33(51-2)19-13-27/h10-25H,3-9H2,1-2H3,(H,44,46)(H,45,47). The third kappa shape index (κ3) is 13.6. The molecule has 0 unspecified atom stereocenters. The molecule has 2 N–H and O–H groups in total. The number of carbonyl (C=O) groups excluding carboxylic acids is 4. The van der Waals surface area contributed by atoms with Crippen molar-refractivity contribution < 1.29 is 38.1 Å². The zero-order valence-corrected chi connectivity index (χ0v) is 32.3. The van der Waals surface area contributed by atoms with Gasteiger partial charge in [0.1, 0.15) is 23.0 Å². The zero-order chi connectivity index (χ0) is 38.0. The predicted octanol–water partition coefficient (Wildman–Crippen LogP) is 8.00. The summed E-state index contributed by atoms with van der Waals surface area (Å²) in [7, 11) is 3.09. The molecule has 0 fully saturated rings. The van der Waals surface area contributed by atoms with Gasteiger partial charge in [-0.05, 0) is 97.8 Å². The van der Waals surface area contributed by atoms with E-state index in [0.29, 0.717) is 46.6 Å². The summed E-state index contributed by atoms with van der Waals surface area (Å²) in [5, 5.41) is 8.08. The molecule has 0 aliphatic carbocycles. The quantitative estimate of drug-likeness (QED) is 0.0336. The lowest BCUT2D eigenvalue weighted by Gasteiger charge is -2.09. The number of esters is 2. The topological polar surface area (TPSA) is 154 Å². The van der Waals surface area contributed by atoms with E-state index in [4.69, 9.17) is 18.9 Å². The maximum atomic E-state index is 12.6. The lowest BCUT2D eigenvalue weighted by molar-refractivity contribution is -0.121. The number of unbranched alkanes of at least 4 members (excludes halogenated alkanes) is 4. The molecule has 0 radical (unpaired) electrons. The summed E-state index contributed by atoms with van der Waals surface area (Å²) in [6.07, 6.45) is 7.23. The zero-order valence-electron chi connectivity index (χ0n) is 29.1. The van der Waals surface area contributed by atoms with Crippen molar-refractivity contribution in [1.82, 2.24) is 10.9 Å². The molecule has 53 heavy (non-hydrogen) atoms. The van der Waals surface area contributed by atoms with Crippen LogP contribution in [0.25, 0.3) is 0 Å². The normalized spacial score (nSPS) is 10.9. The molecular formula is C39H38Br2N4O8. The Morgan fingerprint density at radius 2 is 0.943 bits per heavy atom. The summed E-state index contributed by atoms with van der Waals surface area (Å²) >= 11 is 6.81. The van der Waals surface area contributed by atoms with Crippen LogP contribution in [-0.4, -0.2) is 50.4 Å². The van der Waals surface area contributed by atoms with E-state index in [2.05, 4.69) is 52.9 Å². The van der Waals surface area contributed by atoms with Gasteiger partial charge in [0, 0.05) is 32.9 Å². The smallest absolute Gasteiger partial charge is 0.343 e. The number of amides is 2. The monoisotopic (exact) mass is 848 g/mol. The minimum atomic E-state index is -0.541. The molecule has 0 aromatic heterocycles. The second-order valence-corrected chi connectivity index (χ2v) is 13.3. The van der Waals surface area contributed by atoms with E-state index < -0.39 is 11.9 Å². The van der Waals surface area contributed by atoms with E-state index >= 15 is 0 Å². The summed E-state index contributed by atoms with van der Waals surface area (Å²) in [5.41, 5.74) is 6.75. The number of hydrogen-bond acceptors (Lipinski definition) is 10. The highest BCUT2D eigenvalue weighted by molar-refractivity contribution is 9.10. The molecule has 4 aromatic carbocycles. The Morgan fingerprint density at radius 1 is 0.566 bits per heavy atom. The van der Waals surface area contributed by atoms with Crippen LogP contribution in [0.2, 0.25) is 0 Å². The lowest BCUT2D eigenvalue weighted by Crippen LogP contribution is -2.17. The van der Waals surface area contributed by atoms with E-state index in [1.54, 1.807) is 99.1 Å². The van der Waals surface area contributed by atoms with E-state index in [0.717, 1.165) is 28.2 Å². The molecule has 14 heteroatoms. The van der Waals surface area contributed by atoms with Crippen LogP contribution in [0.15, 0.2) is 104 Å². The highest BCUT2D eigenvalue weighted by Gasteiger charge is 2.14. The molecule has 12 nitrogen and oxygen atoms in total. The Hall–Kier alpha value is -5.34.